The van der Waals surface area contributed by atoms with E-state index in [1.165, 1.54) is 19.3 Å². The first kappa shape index (κ1) is 17.6. The molecule has 1 fully saturated rings. The predicted octanol–water partition coefficient (Wildman–Crippen LogP) is 4.89. The number of phenolic OH excluding ortho intramolecular Hbond substituents is 1. The number of hydrogen-bond donors (Lipinski definition) is 2. The summed E-state index contributed by atoms with van der Waals surface area (Å²) in [4.78, 5) is 0. The van der Waals surface area contributed by atoms with E-state index in [0.29, 0.717) is 18.3 Å². The Kier molecular flexibility index (Phi) is 5.10. The van der Waals surface area contributed by atoms with E-state index < -0.39 is 0 Å². The lowest BCUT2D eigenvalue weighted by molar-refractivity contribution is 0.0626. The summed E-state index contributed by atoms with van der Waals surface area (Å²) in [5.74, 6) is 1.85. The molecule has 1 saturated carbocycles. The van der Waals surface area contributed by atoms with Crippen LogP contribution in [0.5, 0.6) is 11.5 Å². The summed E-state index contributed by atoms with van der Waals surface area (Å²) in [5.41, 5.74) is 2.12. The zero-order valence-electron chi connectivity index (χ0n) is 15.3. The predicted molar refractivity (Wildman–Crippen MR) is 96.9 cm³/mol. The lowest BCUT2D eigenvalue weighted by Gasteiger charge is -2.39. The van der Waals surface area contributed by atoms with Gasteiger partial charge >= 0.3 is 0 Å². The van der Waals surface area contributed by atoms with E-state index in [0.717, 1.165) is 42.6 Å². The summed E-state index contributed by atoms with van der Waals surface area (Å²) in [7, 11) is 0. The molecule has 3 unspecified atom stereocenters. The van der Waals surface area contributed by atoms with Crippen molar-refractivity contribution < 1.29 is 14.9 Å². The molecule has 0 amide bonds. The molecule has 1 aromatic rings. The first-order valence-electron chi connectivity index (χ1n) is 9.60. The van der Waals surface area contributed by atoms with Gasteiger partial charge < -0.3 is 14.9 Å². The van der Waals surface area contributed by atoms with Crippen molar-refractivity contribution in [3.8, 4) is 11.5 Å². The number of fused-ring (bicyclic) bond motifs is 3. The van der Waals surface area contributed by atoms with Crippen LogP contribution in [0.15, 0.2) is 12.1 Å². The Balaban J connectivity index is 1.88. The third-order valence-electron chi connectivity index (χ3n) is 6.10. The monoisotopic (exact) mass is 332 g/mol. The highest BCUT2D eigenvalue weighted by Crippen LogP contribution is 2.50. The Hall–Kier alpha value is -1.22. The summed E-state index contributed by atoms with van der Waals surface area (Å²) in [6, 6.07) is 4.08. The van der Waals surface area contributed by atoms with Crippen molar-refractivity contribution in [2.75, 3.05) is 6.61 Å². The second-order valence-corrected chi connectivity index (χ2v) is 8.39. The van der Waals surface area contributed by atoms with Crippen LogP contribution in [0.4, 0.5) is 0 Å². The van der Waals surface area contributed by atoms with Crippen LogP contribution >= 0.6 is 0 Å². The van der Waals surface area contributed by atoms with Gasteiger partial charge in [-0.3, -0.25) is 0 Å². The molecule has 1 aromatic carbocycles. The second kappa shape index (κ2) is 6.95. The number of rotatable bonds is 5. The first-order valence-corrected chi connectivity index (χ1v) is 9.60. The average molecular weight is 332 g/mol. The summed E-state index contributed by atoms with van der Waals surface area (Å²) < 4.78 is 6.03. The smallest absolute Gasteiger partial charge is 0.126 e. The average Bonchev–Trinajstić information content (AvgIpc) is 2.54. The number of aliphatic hydroxyl groups excluding tert-OH is 1. The van der Waals surface area contributed by atoms with Gasteiger partial charge in [0.15, 0.2) is 0 Å². The largest absolute Gasteiger partial charge is 0.508 e. The lowest BCUT2D eigenvalue weighted by Crippen LogP contribution is -2.33. The van der Waals surface area contributed by atoms with Gasteiger partial charge in [0.05, 0.1) is 12.7 Å². The molecule has 3 nitrogen and oxygen atoms in total. The topological polar surface area (TPSA) is 49.7 Å². The van der Waals surface area contributed by atoms with Gasteiger partial charge in [0, 0.05) is 11.5 Å². The molecular formula is C21H32O3. The van der Waals surface area contributed by atoms with Gasteiger partial charge in [0.2, 0.25) is 0 Å². The van der Waals surface area contributed by atoms with E-state index in [2.05, 4.69) is 26.8 Å². The molecule has 0 spiro atoms. The molecule has 134 valence electrons. The molecule has 1 heterocycles. The van der Waals surface area contributed by atoms with Crippen LogP contribution in [-0.2, 0) is 5.41 Å². The van der Waals surface area contributed by atoms with Crippen molar-refractivity contribution in [3.05, 3.63) is 23.3 Å². The van der Waals surface area contributed by atoms with Crippen LogP contribution in [-0.4, -0.2) is 22.9 Å². The quantitative estimate of drug-likeness (QED) is 0.755. The van der Waals surface area contributed by atoms with Crippen LogP contribution in [0.3, 0.4) is 0 Å². The third kappa shape index (κ3) is 3.42. The van der Waals surface area contributed by atoms with E-state index in [1.54, 1.807) is 0 Å². The molecule has 2 N–H and O–H groups in total. The highest BCUT2D eigenvalue weighted by Gasteiger charge is 2.38. The maximum atomic E-state index is 10.7. The van der Waals surface area contributed by atoms with Crippen LogP contribution in [0, 0.1) is 5.92 Å². The Bertz CT molecular complexity index is 579. The van der Waals surface area contributed by atoms with Crippen LogP contribution in [0.25, 0.3) is 0 Å². The number of hydrogen-bond acceptors (Lipinski definition) is 3. The van der Waals surface area contributed by atoms with E-state index in [1.807, 2.05) is 6.07 Å². The van der Waals surface area contributed by atoms with Gasteiger partial charge in [-0.25, -0.2) is 0 Å². The molecule has 0 aromatic heterocycles. The Morgan fingerprint density at radius 1 is 1.21 bits per heavy atom. The van der Waals surface area contributed by atoms with Crippen LogP contribution < -0.4 is 4.74 Å². The van der Waals surface area contributed by atoms with Crippen LogP contribution in [0.2, 0.25) is 0 Å². The zero-order chi connectivity index (χ0) is 17.3. The highest BCUT2D eigenvalue weighted by atomic mass is 16.5. The molecule has 1 aliphatic heterocycles. The zero-order valence-corrected chi connectivity index (χ0v) is 15.3. The minimum Gasteiger partial charge on any atom is -0.508 e. The molecule has 3 atom stereocenters. The maximum absolute atomic E-state index is 10.7. The second-order valence-electron chi connectivity index (χ2n) is 8.39. The number of unbranched alkanes of at least 4 members (excludes halogenated alkanes) is 2. The summed E-state index contributed by atoms with van der Waals surface area (Å²) in [5, 5.41) is 20.8. The van der Waals surface area contributed by atoms with Crippen molar-refractivity contribution in [2.45, 2.75) is 83.2 Å². The Morgan fingerprint density at radius 2 is 2.00 bits per heavy atom. The molecule has 3 rings (SSSR count). The number of phenols is 1. The van der Waals surface area contributed by atoms with Gasteiger partial charge in [0.1, 0.15) is 11.5 Å². The van der Waals surface area contributed by atoms with Crippen molar-refractivity contribution >= 4 is 0 Å². The molecule has 1 aliphatic carbocycles. The standard InChI is InChI=1S/C21H32O3/c1-4-5-6-9-21(2,3)15-10-18(23)20-17-12-16(22)8-7-14(17)13-24-19(20)11-15/h10-11,14,16-17,22-23H,4-9,12-13H2,1-3H3. The lowest BCUT2D eigenvalue weighted by atomic mass is 9.71. The maximum Gasteiger partial charge on any atom is 0.126 e. The first-order chi connectivity index (χ1) is 11.4. The minimum absolute atomic E-state index is 0.0357. The SMILES string of the molecule is CCCCCC(C)(C)c1cc(O)c2c(c1)OCC1CCC(O)CC21. The fourth-order valence-corrected chi connectivity index (χ4v) is 4.42. The van der Waals surface area contributed by atoms with Crippen molar-refractivity contribution in [2.24, 2.45) is 5.92 Å². The van der Waals surface area contributed by atoms with Gasteiger partial charge in [-0.05, 0) is 54.7 Å². The summed E-state index contributed by atoms with van der Waals surface area (Å²) in [6.07, 6.45) is 7.12. The van der Waals surface area contributed by atoms with E-state index in [9.17, 15) is 10.2 Å². The fraction of sp³-hybridized carbons (Fsp3) is 0.714. The molecule has 24 heavy (non-hydrogen) atoms. The third-order valence-corrected chi connectivity index (χ3v) is 6.10. The molecule has 2 aliphatic rings. The minimum atomic E-state index is -0.248. The van der Waals surface area contributed by atoms with Crippen molar-refractivity contribution in [3.63, 3.8) is 0 Å². The molecule has 0 radical (unpaired) electrons. The van der Waals surface area contributed by atoms with E-state index in [4.69, 9.17) is 4.74 Å². The molecule has 0 saturated heterocycles. The molecule has 3 heteroatoms. The number of benzene rings is 1. The van der Waals surface area contributed by atoms with Gasteiger partial charge in [0.25, 0.3) is 0 Å². The summed E-state index contributed by atoms with van der Waals surface area (Å²) in [6.45, 7) is 7.43. The fourth-order valence-electron chi connectivity index (χ4n) is 4.42. The summed E-state index contributed by atoms with van der Waals surface area (Å²) >= 11 is 0. The highest BCUT2D eigenvalue weighted by molar-refractivity contribution is 5.52. The van der Waals surface area contributed by atoms with Gasteiger partial charge in [-0.1, -0.05) is 40.0 Å². The number of ether oxygens (including phenoxy) is 1. The van der Waals surface area contributed by atoms with Gasteiger partial charge in [-0.2, -0.15) is 0 Å². The van der Waals surface area contributed by atoms with Gasteiger partial charge in [-0.15, -0.1) is 0 Å². The van der Waals surface area contributed by atoms with E-state index >= 15 is 0 Å². The van der Waals surface area contributed by atoms with Crippen molar-refractivity contribution in [1.29, 1.82) is 0 Å². The number of aliphatic hydroxyl groups is 1. The number of aromatic hydroxyl groups is 1. The van der Waals surface area contributed by atoms with Crippen LogP contribution in [0.1, 0.15) is 82.8 Å². The van der Waals surface area contributed by atoms with Crippen molar-refractivity contribution in [1.82, 2.24) is 0 Å². The molecule has 0 bridgehead atoms. The Labute approximate surface area is 146 Å². The van der Waals surface area contributed by atoms with E-state index in [-0.39, 0.29) is 17.4 Å². The molecular weight excluding hydrogens is 300 g/mol. The normalized spacial score (nSPS) is 26.4. The Morgan fingerprint density at radius 3 is 2.75 bits per heavy atom.